The lowest BCUT2D eigenvalue weighted by Crippen LogP contribution is -2.27. The summed E-state index contributed by atoms with van der Waals surface area (Å²) < 4.78 is 17.3. The molecule has 36 heavy (non-hydrogen) atoms. The van der Waals surface area contributed by atoms with E-state index in [9.17, 15) is 20.1 Å². The number of aromatic hydroxyl groups is 2. The number of carbonyl (C=O) groups excluding carboxylic acids is 1. The van der Waals surface area contributed by atoms with Gasteiger partial charge in [-0.25, -0.2) is 4.79 Å². The second-order valence-corrected chi connectivity index (χ2v) is 10.1. The molecule has 0 aliphatic rings. The number of hydrogen-bond donors (Lipinski definition) is 3. The summed E-state index contributed by atoms with van der Waals surface area (Å²) in [5.74, 6) is -0.0632. The van der Waals surface area contributed by atoms with Gasteiger partial charge in [-0.05, 0) is 62.6 Å². The van der Waals surface area contributed by atoms with Gasteiger partial charge in [-0.1, -0.05) is 51.9 Å². The van der Waals surface area contributed by atoms with E-state index in [1.54, 1.807) is 32.9 Å². The van der Waals surface area contributed by atoms with Crippen molar-refractivity contribution in [1.29, 1.82) is 0 Å². The third-order valence-electron chi connectivity index (χ3n) is 5.52. The van der Waals surface area contributed by atoms with Gasteiger partial charge in [0, 0.05) is 6.07 Å². The zero-order chi connectivity index (χ0) is 26.6. The van der Waals surface area contributed by atoms with Crippen LogP contribution in [0.4, 0.5) is 0 Å². The van der Waals surface area contributed by atoms with Crippen molar-refractivity contribution in [2.75, 3.05) is 13.2 Å². The van der Waals surface area contributed by atoms with Crippen LogP contribution in [0, 0.1) is 0 Å². The maximum atomic E-state index is 12.3. The molecular formula is C29H42O7. The Morgan fingerprint density at radius 1 is 0.806 bits per heavy atom. The first-order valence-electron chi connectivity index (χ1n) is 12.9. The van der Waals surface area contributed by atoms with E-state index in [1.165, 1.54) is 50.3 Å². The van der Waals surface area contributed by atoms with Gasteiger partial charge in [0.05, 0.1) is 18.8 Å². The monoisotopic (exact) mass is 502 g/mol. The highest BCUT2D eigenvalue weighted by Gasteiger charge is 2.21. The molecule has 7 heteroatoms. The van der Waals surface area contributed by atoms with Crippen LogP contribution in [0.5, 0.6) is 23.0 Å². The first-order chi connectivity index (χ1) is 17.1. The summed E-state index contributed by atoms with van der Waals surface area (Å²) in [6.45, 7) is 7.40. The molecule has 200 valence electrons. The van der Waals surface area contributed by atoms with E-state index >= 15 is 0 Å². The van der Waals surface area contributed by atoms with Crippen LogP contribution in [0.15, 0.2) is 30.3 Å². The van der Waals surface area contributed by atoms with Crippen molar-refractivity contribution >= 4 is 5.97 Å². The van der Waals surface area contributed by atoms with Crippen molar-refractivity contribution in [3.05, 3.63) is 35.9 Å². The molecule has 0 bridgehead atoms. The van der Waals surface area contributed by atoms with E-state index in [1.807, 2.05) is 0 Å². The second-order valence-electron chi connectivity index (χ2n) is 10.1. The fraction of sp³-hybridized carbons (Fsp3) is 0.552. The first-order valence-corrected chi connectivity index (χ1v) is 12.9. The van der Waals surface area contributed by atoms with Gasteiger partial charge < -0.3 is 29.5 Å². The van der Waals surface area contributed by atoms with Crippen molar-refractivity contribution in [1.82, 2.24) is 0 Å². The molecule has 0 fully saturated rings. The average Bonchev–Trinajstić information content (AvgIpc) is 2.79. The Hall–Kier alpha value is -2.93. The molecule has 0 aromatic heterocycles. The molecule has 0 heterocycles. The fourth-order valence-corrected chi connectivity index (χ4v) is 3.91. The molecule has 0 saturated carbocycles. The number of ether oxygens (including phenoxy) is 3. The molecule has 7 nitrogen and oxygen atoms in total. The predicted octanol–water partition coefficient (Wildman–Crippen LogP) is 6.50. The molecule has 2 rings (SSSR count). The van der Waals surface area contributed by atoms with Crippen molar-refractivity contribution < 1.29 is 34.3 Å². The van der Waals surface area contributed by atoms with Gasteiger partial charge in [-0.2, -0.15) is 0 Å². The van der Waals surface area contributed by atoms with E-state index in [0.717, 1.165) is 19.3 Å². The number of aliphatic hydroxyl groups excluding tert-OH is 1. The Kier molecular flexibility index (Phi) is 11.9. The minimum Gasteiger partial charge on any atom is -0.508 e. The predicted molar refractivity (Wildman–Crippen MR) is 141 cm³/mol. The van der Waals surface area contributed by atoms with Gasteiger partial charge in [0.2, 0.25) is 0 Å². The van der Waals surface area contributed by atoms with Gasteiger partial charge in [0.1, 0.15) is 28.6 Å². The highest BCUT2D eigenvalue weighted by atomic mass is 16.6. The molecular weight excluding hydrogens is 460 g/mol. The molecule has 0 saturated heterocycles. The summed E-state index contributed by atoms with van der Waals surface area (Å²) in [5, 5.41) is 30.0. The number of phenolic OH excluding ortho intramolecular Hbond substituents is 2. The van der Waals surface area contributed by atoms with Crippen molar-refractivity contribution in [2.45, 2.75) is 91.3 Å². The lowest BCUT2D eigenvalue weighted by molar-refractivity contribution is -0.157. The Labute approximate surface area is 215 Å². The van der Waals surface area contributed by atoms with Crippen molar-refractivity contribution in [3.8, 4) is 34.1 Å². The molecule has 2 aromatic carbocycles. The van der Waals surface area contributed by atoms with Gasteiger partial charge in [0.15, 0.2) is 6.61 Å². The maximum absolute atomic E-state index is 12.3. The normalized spacial score (nSPS) is 11.4. The fourth-order valence-electron chi connectivity index (χ4n) is 3.91. The number of unbranched alkanes of at least 4 members (excludes halogenated alkanes) is 7. The Morgan fingerprint density at radius 2 is 1.36 bits per heavy atom. The van der Waals surface area contributed by atoms with Crippen LogP contribution in [0.25, 0.3) is 11.1 Å². The molecule has 3 N–H and O–H groups in total. The smallest absolute Gasteiger partial charge is 0.344 e. The molecule has 0 atom stereocenters. The summed E-state index contributed by atoms with van der Waals surface area (Å²) in [6.07, 6.45) is 9.37. The first kappa shape index (κ1) is 29.3. The molecule has 0 aliphatic carbocycles. The molecule has 0 aliphatic heterocycles. The standard InChI is InChI=1S/C29H42O7/c1-5-6-7-8-9-10-11-12-13-34-25-14-21(19-30)15-26(35-20-27(33)36-29(2,3)4)28(25)22-16-23(31)18-24(32)17-22/h14-18,30-32H,5-13,19-20H2,1-4H3. The zero-order valence-corrected chi connectivity index (χ0v) is 22.1. The van der Waals surface area contributed by atoms with Crippen LogP contribution >= 0.6 is 0 Å². The minimum absolute atomic E-state index is 0.122. The van der Waals surface area contributed by atoms with Crippen LogP contribution in [-0.4, -0.2) is 40.1 Å². The molecule has 0 unspecified atom stereocenters. The second kappa shape index (κ2) is 14.6. The van der Waals surface area contributed by atoms with Crippen LogP contribution in [0.1, 0.15) is 84.6 Å². The third kappa shape index (κ3) is 10.4. The van der Waals surface area contributed by atoms with Gasteiger partial charge >= 0.3 is 5.97 Å². The number of hydrogen-bond acceptors (Lipinski definition) is 7. The number of esters is 1. The topological polar surface area (TPSA) is 105 Å². The van der Waals surface area contributed by atoms with Gasteiger partial charge in [-0.3, -0.25) is 0 Å². The lowest BCUT2D eigenvalue weighted by atomic mass is 10.0. The van der Waals surface area contributed by atoms with Gasteiger partial charge in [-0.15, -0.1) is 0 Å². The average molecular weight is 503 g/mol. The van der Waals surface area contributed by atoms with Crippen molar-refractivity contribution in [3.63, 3.8) is 0 Å². The Balaban J connectivity index is 2.22. The van der Waals surface area contributed by atoms with Crippen LogP contribution in [0.2, 0.25) is 0 Å². The van der Waals surface area contributed by atoms with Crippen LogP contribution < -0.4 is 9.47 Å². The maximum Gasteiger partial charge on any atom is 0.344 e. The SMILES string of the molecule is CCCCCCCCCCOc1cc(CO)cc(OCC(=O)OC(C)(C)C)c1-c1cc(O)cc(O)c1. The van der Waals surface area contributed by atoms with E-state index in [4.69, 9.17) is 14.2 Å². The summed E-state index contributed by atoms with van der Waals surface area (Å²) in [6, 6.07) is 7.52. The molecule has 0 spiro atoms. The summed E-state index contributed by atoms with van der Waals surface area (Å²) in [7, 11) is 0. The molecule has 2 aromatic rings. The van der Waals surface area contributed by atoms with E-state index in [-0.39, 0.29) is 30.5 Å². The van der Waals surface area contributed by atoms with E-state index < -0.39 is 11.6 Å². The Morgan fingerprint density at radius 3 is 1.92 bits per heavy atom. The highest BCUT2D eigenvalue weighted by molar-refractivity contribution is 5.80. The molecule has 0 radical (unpaired) electrons. The Bertz CT molecular complexity index is 943. The third-order valence-corrected chi connectivity index (χ3v) is 5.52. The lowest BCUT2D eigenvalue weighted by Gasteiger charge is -2.21. The van der Waals surface area contributed by atoms with Crippen LogP contribution in [0.3, 0.4) is 0 Å². The van der Waals surface area contributed by atoms with E-state index in [0.29, 0.717) is 29.0 Å². The number of carbonyl (C=O) groups is 1. The van der Waals surface area contributed by atoms with Gasteiger partial charge in [0.25, 0.3) is 0 Å². The van der Waals surface area contributed by atoms with Crippen LogP contribution in [-0.2, 0) is 16.1 Å². The number of rotatable bonds is 15. The minimum atomic E-state index is -0.655. The summed E-state index contributed by atoms with van der Waals surface area (Å²) in [5.41, 5.74) is 0.828. The number of aliphatic hydroxyl groups is 1. The summed E-state index contributed by atoms with van der Waals surface area (Å²) >= 11 is 0. The summed E-state index contributed by atoms with van der Waals surface area (Å²) in [4.78, 5) is 12.3. The molecule has 0 amide bonds. The van der Waals surface area contributed by atoms with Crippen molar-refractivity contribution in [2.24, 2.45) is 0 Å². The quantitative estimate of drug-likeness (QED) is 0.189. The zero-order valence-electron chi connectivity index (χ0n) is 22.1. The highest BCUT2D eigenvalue weighted by Crippen LogP contribution is 2.42. The van der Waals surface area contributed by atoms with E-state index in [2.05, 4.69) is 6.92 Å². The number of benzene rings is 2. The largest absolute Gasteiger partial charge is 0.508 e. The number of phenols is 2.